The van der Waals surface area contributed by atoms with Crippen molar-refractivity contribution in [1.29, 1.82) is 0 Å². The van der Waals surface area contributed by atoms with E-state index in [1.165, 1.54) is 4.57 Å². The zero-order valence-corrected chi connectivity index (χ0v) is 14.2. The van der Waals surface area contributed by atoms with Crippen molar-refractivity contribution in [2.45, 2.75) is 6.54 Å². The molecule has 2 aromatic carbocycles. The van der Waals surface area contributed by atoms with E-state index in [1.807, 2.05) is 0 Å². The lowest BCUT2D eigenvalue weighted by molar-refractivity contribution is -0.116. The Kier molecular flexibility index (Phi) is 4.06. The fraction of sp³-hybridized carbons (Fsp3) is 0.0556. The van der Waals surface area contributed by atoms with Crippen LogP contribution in [0.1, 0.15) is 0 Å². The summed E-state index contributed by atoms with van der Waals surface area (Å²) in [6.07, 6.45) is 3.34. The predicted molar refractivity (Wildman–Crippen MR) is 97.7 cm³/mol. The van der Waals surface area contributed by atoms with Crippen LogP contribution in [0.25, 0.3) is 16.8 Å². The van der Waals surface area contributed by atoms with Gasteiger partial charge in [0, 0.05) is 12.4 Å². The lowest BCUT2D eigenvalue weighted by Crippen LogP contribution is -2.25. The number of oxazole rings is 1. The number of anilines is 1. The largest absolute Gasteiger partial charge is 0.420 e. The molecule has 0 unspecified atom stereocenters. The molecular weight excluding hydrogens is 356 g/mol. The van der Waals surface area contributed by atoms with Gasteiger partial charge in [-0.3, -0.25) is 9.36 Å². The number of fused-ring (bicyclic) bond motifs is 1. The maximum atomic E-state index is 12.5. The molecule has 1 N–H and O–H groups in total. The maximum Gasteiger partial charge on any atom is 0.420 e. The summed E-state index contributed by atoms with van der Waals surface area (Å²) in [4.78, 5) is 24.5. The second kappa shape index (κ2) is 6.53. The van der Waals surface area contributed by atoms with Crippen molar-refractivity contribution in [2.24, 2.45) is 0 Å². The molecule has 26 heavy (non-hydrogen) atoms. The first-order chi connectivity index (χ1) is 12.6. The third-order valence-corrected chi connectivity index (χ3v) is 4.17. The van der Waals surface area contributed by atoms with Crippen LogP contribution in [0.5, 0.6) is 0 Å². The molecule has 4 aromatic rings. The number of carbonyl (C=O) groups excluding carboxylic acids is 1. The number of rotatable bonds is 4. The fourth-order valence-electron chi connectivity index (χ4n) is 2.75. The topological polar surface area (TPSA) is 82.1 Å². The molecule has 2 heterocycles. The Labute approximate surface area is 152 Å². The average molecular weight is 369 g/mol. The summed E-state index contributed by atoms with van der Waals surface area (Å²) in [5.74, 6) is -0.964. The number of nitrogens with zero attached hydrogens (tertiary/aromatic N) is 3. The van der Waals surface area contributed by atoms with Crippen LogP contribution in [-0.2, 0) is 11.3 Å². The number of hydrogen-bond acceptors (Lipinski definition) is 4. The molecule has 0 aliphatic carbocycles. The van der Waals surface area contributed by atoms with Crippen molar-refractivity contribution in [2.75, 3.05) is 5.32 Å². The second-order valence-electron chi connectivity index (χ2n) is 5.56. The third kappa shape index (κ3) is 2.89. The number of hydrogen-bond donors (Lipinski definition) is 1. The van der Waals surface area contributed by atoms with E-state index in [-0.39, 0.29) is 12.5 Å². The van der Waals surface area contributed by atoms with Gasteiger partial charge >= 0.3 is 5.76 Å². The molecule has 0 aliphatic heterocycles. The SMILES string of the molecule is O=C(Cn1c(=O)oc2ccccc21)Nc1cccc(Cl)c1-n1cccn1. The Morgan fingerprint density at radius 1 is 1.15 bits per heavy atom. The number of benzene rings is 2. The Hall–Kier alpha value is -3.32. The molecule has 8 heteroatoms. The standard InChI is InChI=1S/C18H13ClN4O3/c19-12-5-3-6-13(17(12)23-10-4-9-20-23)21-16(24)11-22-14-7-1-2-8-15(14)26-18(22)25/h1-10H,11H2,(H,21,24). The first-order valence-corrected chi connectivity index (χ1v) is 8.18. The quantitative estimate of drug-likeness (QED) is 0.600. The molecule has 2 aromatic heterocycles. The summed E-state index contributed by atoms with van der Waals surface area (Å²) < 4.78 is 7.99. The molecule has 0 atom stereocenters. The van der Waals surface area contributed by atoms with Gasteiger partial charge in [-0.15, -0.1) is 0 Å². The van der Waals surface area contributed by atoms with Crippen molar-refractivity contribution in [3.8, 4) is 5.69 Å². The number of para-hydroxylation sites is 3. The molecule has 130 valence electrons. The van der Waals surface area contributed by atoms with Gasteiger partial charge in [-0.1, -0.05) is 29.8 Å². The minimum Gasteiger partial charge on any atom is -0.408 e. The highest BCUT2D eigenvalue weighted by Crippen LogP contribution is 2.28. The third-order valence-electron chi connectivity index (χ3n) is 3.87. The van der Waals surface area contributed by atoms with Crippen LogP contribution >= 0.6 is 11.6 Å². The molecule has 0 radical (unpaired) electrons. The van der Waals surface area contributed by atoms with Gasteiger partial charge in [0.05, 0.1) is 16.2 Å². The highest BCUT2D eigenvalue weighted by atomic mass is 35.5. The van der Waals surface area contributed by atoms with Crippen LogP contribution in [0.15, 0.2) is 70.1 Å². The van der Waals surface area contributed by atoms with E-state index in [0.29, 0.717) is 27.5 Å². The van der Waals surface area contributed by atoms with Crippen LogP contribution in [0.2, 0.25) is 5.02 Å². The lowest BCUT2D eigenvalue weighted by Gasteiger charge is -2.13. The van der Waals surface area contributed by atoms with Gasteiger partial charge < -0.3 is 9.73 Å². The minimum absolute atomic E-state index is 0.180. The van der Waals surface area contributed by atoms with Crippen LogP contribution in [0.3, 0.4) is 0 Å². The Bertz CT molecular complexity index is 1140. The molecule has 0 spiro atoms. The molecule has 0 saturated carbocycles. The number of nitrogens with one attached hydrogen (secondary N) is 1. The normalized spacial score (nSPS) is 11.0. The lowest BCUT2D eigenvalue weighted by atomic mass is 10.2. The summed E-state index contributed by atoms with van der Waals surface area (Å²) in [5, 5.41) is 7.38. The highest BCUT2D eigenvalue weighted by molar-refractivity contribution is 6.33. The van der Waals surface area contributed by atoms with Gasteiger partial charge in [0.2, 0.25) is 5.91 Å². The van der Waals surface area contributed by atoms with Crippen molar-refractivity contribution in [1.82, 2.24) is 14.3 Å². The smallest absolute Gasteiger partial charge is 0.408 e. The van der Waals surface area contributed by atoms with E-state index in [2.05, 4.69) is 10.4 Å². The van der Waals surface area contributed by atoms with Gasteiger partial charge in [-0.05, 0) is 30.3 Å². The van der Waals surface area contributed by atoms with Gasteiger partial charge in [0.15, 0.2) is 5.58 Å². The van der Waals surface area contributed by atoms with Crippen LogP contribution < -0.4 is 11.1 Å². The van der Waals surface area contributed by atoms with Crippen molar-refractivity contribution < 1.29 is 9.21 Å². The number of amides is 1. The highest BCUT2D eigenvalue weighted by Gasteiger charge is 2.15. The van der Waals surface area contributed by atoms with E-state index in [0.717, 1.165) is 0 Å². The van der Waals surface area contributed by atoms with Gasteiger partial charge in [-0.25, -0.2) is 9.48 Å². The molecular formula is C18H13ClN4O3. The van der Waals surface area contributed by atoms with Gasteiger partial charge in [-0.2, -0.15) is 5.10 Å². The molecule has 4 rings (SSSR count). The summed E-state index contributed by atoms with van der Waals surface area (Å²) >= 11 is 6.27. The molecule has 0 aliphatic rings. The zero-order chi connectivity index (χ0) is 18.1. The van der Waals surface area contributed by atoms with Gasteiger partial charge in [0.1, 0.15) is 12.2 Å². The number of aromatic nitrogens is 3. The fourth-order valence-corrected chi connectivity index (χ4v) is 3.01. The average Bonchev–Trinajstić information content (AvgIpc) is 3.24. The first kappa shape index (κ1) is 16.2. The summed E-state index contributed by atoms with van der Waals surface area (Å²) in [6.45, 7) is -0.180. The summed E-state index contributed by atoms with van der Waals surface area (Å²) in [7, 11) is 0. The van der Waals surface area contributed by atoms with Crippen LogP contribution in [0, 0.1) is 0 Å². The van der Waals surface area contributed by atoms with Crippen LogP contribution in [-0.4, -0.2) is 20.3 Å². The molecule has 0 fully saturated rings. The summed E-state index contributed by atoms with van der Waals surface area (Å²) in [5.41, 5.74) is 2.04. The van der Waals surface area contributed by atoms with Crippen molar-refractivity contribution >= 4 is 34.3 Å². The van der Waals surface area contributed by atoms with Crippen LogP contribution in [0.4, 0.5) is 5.69 Å². The first-order valence-electron chi connectivity index (χ1n) is 7.80. The van der Waals surface area contributed by atoms with E-state index in [4.69, 9.17) is 16.0 Å². The van der Waals surface area contributed by atoms with Gasteiger partial charge in [0.25, 0.3) is 0 Å². The molecule has 0 bridgehead atoms. The number of carbonyl (C=O) groups is 1. The molecule has 0 saturated heterocycles. The number of halogens is 1. The van der Waals surface area contributed by atoms with E-state index >= 15 is 0 Å². The van der Waals surface area contributed by atoms with Crippen molar-refractivity contribution in [3.05, 3.63) is 76.5 Å². The zero-order valence-electron chi connectivity index (χ0n) is 13.4. The monoisotopic (exact) mass is 368 g/mol. The molecule has 7 nitrogen and oxygen atoms in total. The second-order valence-corrected chi connectivity index (χ2v) is 5.96. The van der Waals surface area contributed by atoms with E-state index < -0.39 is 5.76 Å². The molecule has 1 amide bonds. The Balaban J connectivity index is 1.64. The predicted octanol–water partition coefficient (Wildman–Crippen LogP) is 3.07. The minimum atomic E-state index is -0.584. The Morgan fingerprint density at radius 3 is 2.81 bits per heavy atom. The van der Waals surface area contributed by atoms with E-state index in [9.17, 15) is 9.59 Å². The Morgan fingerprint density at radius 2 is 2.00 bits per heavy atom. The van der Waals surface area contributed by atoms with E-state index in [1.54, 1.807) is 65.6 Å². The van der Waals surface area contributed by atoms with Crippen molar-refractivity contribution in [3.63, 3.8) is 0 Å². The summed E-state index contributed by atoms with van der Waals surface area (Å²) in [6, 6.07) is 13.9. The maximum absolute atomic E-state index is 12.5.